The Labute approximate surface area is 95.4 Å². The van der Waals surface area contributed by atoms with Crippen LogP contribution in [0.1, 0.15) is 13.3 Å². The van der Waals surface area contributed by atoms with Crippen LogP contribution in [-0.4, -0.2) is 19.2 Å². The van der Waals surface area contributed by atoms with Crippen molar-refractivity contribution in [3.05, 3.63) is 30.3 Å². The predicted octanol–water partition coefficient (Wildman–Crippen LogP) is 2.02. The normalized spacial score (nSPS) is 13.0. The minimum atomic E-state index is -1.91. The predicted molar refractivity (Wildman–Crippen MR) is 60.9 cm³/mol. The van der Waals surface area contributed by atoms with E-state index in [1.54, 1.807) is 31.2 Å². The van der Waals surface area contributed by atoms with Crippen molar-refractivity contribution in [2.24, 2.45) is 0 Å². The van der Waals surface area contributed by atoms with Crippen molar-refractivity contribution in [3.63, 3.8) is 0 Å². The van der Waals surface area contributed by atoms with Gasteiger partial charge in [-0.15, -0.1) is 4.52 Å². The molecule has 0 N–H and O–H groups in total. The van der Waals surface area contributed by atoms with Gasteiger partial charge in [-0.2, -0.15) is 0 Å². The molecule has 1 aromatic carbocycles. The maximum atomic E-state index is 11.7. The summed E-state index contributed by atoms with van der Waals surface area (Å²) in [7, 11) is -0.597. The van der Waals surface area contributed by atoms with E-state index in [2.05, 4.69) is 4.74 Å². The van der Waals surface area contributed by atoms with Crippen LogP contribution in [0.4, 0.5) is 0 Å². The van der Waals surface area contributed by atoms with E-state index in [1.165, 1.54) is 7.11 Å². The van der Waals surface area contributed by atoms with E-state index in [-0.39, 0.29) is 12.4 Å². The van der Waals surface area contributed by atoms with Gasteiger partial charge in [-0.25, -0.2) is 0 Å². The highest BCUT2D eigenvalue weighted by atomic mass is 31.1. The molecule has 16 heavy (non-hydrogen) atoms. The molecule has 2 unspecified atom stereocenters. The van der Waals surface area contributed by atoms with Crippen molar-refractivity contribution in [1.82, 2.24) is 0 Å². The number of carbonyl (C=O) groups excluding carboxylic acids is 1. The molecule has 0 bridgehead atoms. The van der Waals surface area contributed by atoms with Crippen LogP contribution in [0, 0.1) is 0 Å². The molecule has 0 aliphatic carbocycles. The standard InChI is InChI=1S/C11H14O4P/c1-9(8-11(12)14-2)15-16(13)10-6-4-3-5-7-10/h3-7,9H,8H2,1-2H3/q+1. The number of hydrogen-bond donors (Lipinski definition) is 0. The van der Waals surface area contributed by atoms with Gasteiger partial charge in [-0.3, -0.25) is 4.79 Å². The summed E-state index contributed by atoms with van der Waals surface area (Å²) in [6.45, 7) is 1.69. The maximum Gasteiger partial charge on any atom is 0.548 e. The second-order valence-electron chi connectivity index (χ2n) is 3.29. The quantitative estimate of drug-likeness (QED) is 0.584. The van der Waals surface area contributed by atoms with Crippen molar-refractivity contribution in [1.29, 1.82) is 0 Å². The van der Waals surface area contributed by atoms with E-state index < -0.39 is 14.1 Å². The lowest BCUT2D eigenvalue weighted by Crippen LogP contribution is -2.14. The molecule has 1 rings (SSSR count). The van der Waals surface area contributed by atoms with Crippen LogP contribution in [0.15, 0.2) is 30.3 Å². The summed E-state index contributed by atoms with van der Waals surface area (Å²) in [5.74, 6) is -0.371. The van der Waals surface area contributed by atoms with Gasteiger partial charge in [0.1, 0.15) is 6.10 Å². The number of ether oxygens (including phenoxy) is 1. The van der Waals surface area contributed by atoms with Crippen molar-refractivity contribution in [3.8, 4) is 0 Å². The van der Waals surface area contributed by atoms with Gasteiger partial charge >= 0.3 is 14.0 Å². The van der Waals surface area contributed by atoms with Gasteiger partial charge in [0.15, 0.2) is 0 Å². The number of carbonyl (C=O) groups is 1. The molecule has 5 heteroatoms. The van der Waals surface area contributed by atoms with Crippen LogP contribution < -0.4 is 5.30 Å². The summed E-state index contributed by atoms with van der Waals surface area (Å²) in [4.78, 5) is 10.9. The molecule has 1 aromatic rings. The third-order valence-electron chi connectivity index (χ3n) is 1.92. The number of esters is 1. The summed E-state index contributed by atoms with van der Waals surface area (Å²) < 4.78 is 21.4. The number of hydrogen-bond acceptors (Lipinski definition) is 4. The first-order chi connectivity index (χ1) is 7.63. The first kappa shape index (κ1) is 12.8. The summed E-state index contributed by atoms with van der Waals surface area (Å²) in [5.41, 5.74) is 0. The Morgan fingerprint density at radius 3 is 2.56 bits per heavy atom. The Balaban J connectivity index is 2.49. The summed E-state index contributed by atoms with van der Waals surface area (Å²) >= 11 is 0. The Morgan fingerprint density at radius 1 is 1.38 bits per heavy atom. The van der Waals surface area contributed by atoms with Crippen LogP contribution in [0.5, 0.6) is 0 Å². The minimum Gasteiger partial charge on any atom is -0.469 e. The molecule has 0 spiro atoms. The second kappa shape index (κ2) is 6.36. The van der Waals surface area contributed by atoms with Crippen LogP contribution in [0.3, 0.4) is 0 Å². The van der Waals surface area contributed by atoms with Gasteiger partial charge in [0.2, 0.25) is 5.30 Å². The molecule has 0 aliphatic heterocycles. The molecule has 0 radical (unpaired) electrons. The molecule has 86 valence electrons. The average Bonchev–Trinajstić information content (AvgIpc) is 2.29. The first-order valence-corrected chi connectivity index (χ1v) is 6.07. The van der Waals surface area contributed by atoms with Crippen molar-refractivity contribution in [2.45, 2.75) is 19.4 Å². The fourth-order valence-electron chi connectivity index (χ4n) is 1.13. The number of benzene rings is 1. The minimum absolute atomic E-state index is 0.102. The van der Waals surface area contributed by atoms with E-state index >= 15 is 0 Å². The van der Waals surface area contributed by atoms with Gasteiger partial charge in [-0.05, 0) is 23.6 Å². The number of methoxy groups -OCH3 is 1. The lowest BCUT2D eigenvalue weighted by Gasteiger charge is -2.02. The molecule has 4 nitrogen and oxygen atoms in total. The molecule has 0 aliphatic rings. The fraction of sp³-hybridized carbons (Fsp3) is 0.364. The smallest absolute Gasteiger partial charge is 0.469 e. The second-order valence-corrected chi connectivity index (χ2v) is 4.53. The molecule has 0 fully saturated rings. The fourth-order valence-corrected chi connectivity index (χ4v) is 2.07. The molecule has 0 amide bonds. The summed E-state index contributed by atoms with van der Waals surface area (Å²) in [6, 6.07) is 8.87. The highest BCUT2D eigenvalue weighted by Gasteiger charge is 2.26. The summed E-state index contributed by atoms with van der Waals surface area (Å²) in [6.07, 6.45) is -0.319. The van der Waals surface area contributed by atoms with Crippen LogP contribution >= 0.6 is 8.03 Å². The lowest BCUT2D eigenvalue weighted by molar-refractivity contribution is -0.142. The van der Waals surface area contributed by atoms with Crippen LogP contribution in [0.2, 0.25) is 0 Å². The monoisotopic (exact) mass is 241 g/mol. The van der Waals surface area contributed by atoms with Gasteiger partial charge in [0.05, 0.1) is 13.5 Å². The zero-order valence-electron chi connectivity index (χ0n) is 9.25. The molecule has 0 heterocycles. The molecule has 2 atom stereocenters. The highest BCUT2D eigenvalue weighted by molar-refractivity contribution is 7.48. The number of rotatable bonds is 5. The topological polar surface area (TPSA) is 52.6 Å². The van der Waals surface area contributed by atoms with Crippen molar-refractivity contribution in [2.75, 3.05) is 7.11 Å². The average molecular weight is 241 g/mol. The molecular formula is C11H14O4P+. The Bertz CT molecular complexity index is 364. The maximum absolute atomic E-state index is 11.7. The van der Waals surface area contributed by atoms with Crippen LogP contribution in [-0.2, 0) is 18.6 Å². The van der Waals surface area contributed by atoms with E-state index in [0.29, 0.717) is 5.30 Å². The Kier molecular flexibility index (Phi) is 5.09. The molecule has 0 aromatic heterocycles. The third-order valence-corrected chi connectivity index (χ3v) is 3.20. The van der Waals surface area contributed by atoms with Crippen LogP contribution in [0.25, 0.3) is 0 Å². The first-order valence-electron chi connectivity index (χ1n) is 4.89. The largest absolute Gasteiger partial charge is 0.548 e. The van der Waals surface area contributed by atoms with E-state index in [0.717, 1.165) is 0 Å². The van der Waals surface area contributed by atoms with Gasteiger partial charge in [0.25, 0.3) is 0 Å². The zero-order chi connectivity index (χ0) is 12.0. The Morgan fingerprint density at radius 2 is 2.00 bits per heavy atom. The van der Waals surface area contributed by atoms with Gasteiger partial charge < -0.3 is 4.74 Å². The van der Waals surface area contributed by atoms with Crippen molar-refractivity contribution >= 4 is 19.3 Å². The Hall–Kier alpha value is -1.25. The van der Waals surface area contributed by atoms with Gasteiger partial charge in [-0.1, -0.05) is 18.2 Å². The summed E-state index contributed by atoms with van der Waals surface area (Å²) in [5, 5.41) is 0.620. The van der Waals surface area contributed by atoms with E-state index in [1.807, 2.05) is 6.07 Å². The highest BCUT2D eigenvalue weighted by Crippen LogP contribution is 2.24. The zero-order valence-corrected chi connectivity index (χ0v) is 10.1. The van der Waals surface area contributed by atoms with E-state index in [9.17, 15) is 9.36 Å². The third kappa shape index (κ3) is 4.09. The van der Waals surface area contributed by atoms with Crippen molar-refractivity contribution < 1.29 is 18.6 Å². The lowest BCUT2D eigenvalue weighted by atomic mass is 10.3. The molecular weight excluding hydrogens is 227 g/mol. The SMILES string of the molecule is COC(=O)CC(C)O[P+](=O)c1ccccc1. The molecule has 0 saturated heterocycles. The molecule has 0 saturated carbocycles. The van der Waals surface area contributed by atoms with Gasteiger partial charge in [0, 0.05) is 0 Å². The van der Waals surface area contributed by atoms with E-state index in [4.69, 9.17) is 4.52 Å².